The number of benzene rings is 2. The van der Waals surface area contributed by atoms with Gasteiger partial charge in [0.05, 0.1) is 25.5 Å². The quantitative estimate of drug-likeness (QED) is 0.729. The Morgan fingerprint density at radius 1 is 1.10 bits per heavy atom. The first-order valence-corrected chi connectivity index (χ1v) is 8.99. The molecule has 156 valence electrons. The molecule has 29 heavy (non-hydrogen) atoms. The number of nitrogens with zero attached hydrogens (tertiary/aromatic N) is 1. The van der Waals surface area contributed by atoms with E-state index in [2.05, 4.69) is 10.1 Å². The average molecular weight is 412 g/mol. The Morgan fingerprint density at radius 3 is 2.41 bits per heavy atom. The molecule has 1 saturated heterocycles. The number of carbonyl (C=O) groups excluding carboxylic acids is 1. The summed E-state index contributed by atoms with van der Waals surface area (Å²) < 4.78 is 60.5. The lowest BCUT2D eigenvalue weighted by atomic mass is 10.1. The van der Waals surface area contributed by atoms with E-state index in [1.54, 1.807) is 12.1 Å². The van der Waals surface area contributed by atoms with E-state index in [1.807, 2.05) is 4.90 Å². The van der Waals surface area contributed by atoms with Crippen LogP contribution in [0, 0.1) is 5.82 Å². The molecule has 0 spiro atoms. The lowest BCUT2D eigenvalue weighted by Gasteiger charge is -2.29. The Bertz CT molecular complexity index is 835. The minimum absolute atomic E-state index is 0.213. The fourth-order valence-electron chi connectivity index (χ4n) is 2.89. The summed E-state index contributed by atoms with van der Waals surface area (Å²) in [6, 6.07) is 10.4. The predicted octanol–water partition coefficient (Wildman–Crippen LogP) is 3.99. The van der Waals surface area contributed by atoms with E-state index >= 15 is 0 Å². The number of hydrogen-bond donors (Lipinski definition) is 1. The smallest absolute Gasteiger partial charge is 0.378 e. The number of carbonyl (C=O) groups is 1. The Hall–Kier alpha value is -2.65. The Balaban J connectivity index is 1.57. The summed E-state index contributed by atoms with van der Waals surface area (Å²) >= 11 is 0. The second-order valence-electron chi connectivity index (χ2n) is 6.52. The third-order valence-electron chi connectivity index (χ3n) is 4.31. The van der Waals surface area contributed by atoms with Crippen molar-refractivity contribution in [2.75, 3.05) is 43.1 Å². The molecule has 9 heteroatoms. The van der Waals surface area contributed by atoms with Crippen LogP contribution >= 0.6 is 0 Å². The largest absolute Gasteiger partial charge is 0.411 e. The van der Waals surface area contributed by atoms with Crippen molar-refractivity contribution in [2.24, 2.45) is 0 Å². The number of halogens is 4. The number of hydrogen-bond acceptors (Lipinski definition) is 4. The maximum absolute atomic E-state index is 14.4. The molecule has 0 radical (unpaired) electrons. The SMILES string of the molecule is O=C(Nc1ccc(N2CCOCC2)c(F)c1)c1ccc(COCC(F)(F)F)cc1. The normalized spacial score (nSPS) is 14.7. The van der Waals surface area contributed by atoms with Crippen LogP contribution in [-0.4, -0.2) is 45.0 Å². The molecule has 5 nitrogen and oxygen atoms in total. The van der Waals surface area contributed by atoms with Crippen LogP contribution in [0.25, 0.3) is 0 Å². The Labute approximate surface area is 165 Å². The van der Waals surface area contributed by atoms with Gasteiger partial charge in [-0.1, -0.05) is 12.1 Å². The number of ether oxygens (including phenoxy) is 2. The first-order valence-electron chi connectivity index (χ1n) is 8.99. The second-order valence-corrected chi connectivity index (χ2v) is 6.52. The van der Waals surface area contributed by atoms with Crippen LogP contribution in [0.3, 0.4) is 0 Å². The molecule has 0 bridgehead atoms. The third-order valence-corrected chi connectivity index (χ3v) is 4.31. The molecule has 2 aromatic carbocycles. The molecule has 1 heterocycles. The number of morpholine rings is 1. The zero-order valence-electron chi connectivity index (χ0n) is 15.5. The zero-order valence-corrected chi connectivity index (χ0v) is 15.5. The van der Waals surface area contributed by atoms with Crippen molar-refractivity contribution >= 4 is 17.3 Å². The number of rotatable bonds is 6. The topological polar surface area (TPSA) is 50.8 Å². The van der Waals surface area contributed by atoms with Gasteiger partial charge in [0.15, 0.2) is 0 Å². The van der Waals surface area contributed by atoms with Gasteiger partial charge in [-0.2, -0.15) is 13.2 Å². The van der Waals surface area contributed by atoms with Crippen molar-refractivity contribution in [2.45, 2.75) is 12.8 Å². The summed E-state index contributed by atoms with van der Waals surface area (Å²) in [6.45, 7) is 0.727. The highest BCUT2D eigenvalue weighted by atomic mass is 19.4. The molecule has 1 N–H and O–H groups in total. The van der Waals surface area contributed by atoms with Gasteiger partial charge in [-0.05, 0) is 35.9 Å². The van der Waals surface area contributed by atoms with E-state index in [-0.39, 0.29) is 6.61 Å². The summed E-state index contributed by atoms with van der Waals surface area (Å²) in [5, 5.41) is 2.61. The van der Waals surface area contributed by atoms with Crippen LogP contribution in [0.15, 0.2) is 42.5 Å². The summed E-state index contributed by atoms with van der Waals surface area (Å²) in [5.74, 6) is -0.895. The second kappa shape index (κ2) is 9.23. The fraction of sp³-hybridized carbons (Fsp3) is 0.350. The average Bonchev–Trinajstić information content (AvgIpc) is 2.68. The van der Waals surface area contributed by atoms with Crippen LogP contribution in [0.1, 0.15) is 15.9 Å². The van der Waals surface area contributed by atoms with E-state index in [9.17, 15) is 22.4 Å². The third kappa shape index (κ3) is 6.16. The summed E-state index contributed by atoms with van der Waals surface area (Å²) in [7, 11) is 0. The number of anilines is 2. The summed E-state index contributed by atoms with van der Waals surface area (Å²) in [4.78, 5) is 14.2. The van der Waals surface area contributed by atoms with Crippen LogP contribution < -0.4 is 10.2 Å². The molecular weight excluding hydrogens is 392 g/mol. The van der Waals surface area contributed by atoms with Gasteiger partial charge in [-0.3, -0.25) is 4.79 Å². The molecule has 3 rings (SSSR count). The number of alkyl halides is 3. The van der Waals surface area contributed by atoms with Gasteiger partial charge < -0.3 is 19.7 Å². The molecule has 0 atom stereocenters. The monoisotopic (exact) mass is 412 g/mol. The van der Waals surface area contributed by atoms with E-state index in [4.69, 9.17) is 4.74 Å². The van der Waals surface area contributed by atoms with Crippen LogP contribution in [0.5, 0.6) is 0 Å². The van der Waals surface area contributed by atoms with Crippen molar-refractivity contribution in [3.05, 3.63) is 59.4 Å². The molecular formula is C20H20F4N2O3. The predicted molar refractivity (Wildman–Crippen MR) is 99.5 cm³/mol. The molecule has 1 aliphatic heterocycles. The Morgan fingerprint density at radius 2 is 1.79 bits per heavy atom. The molecule has 2 aromatic rings. The van der Waals surface area contributed by atoms with Crippen molar-refractivity contribution in [1.29, 1.82) is 0 Å². The van der Waals surface area contributed by atoms with Gasteiger partial charge in [-0.25, -0.2) is 4.39 Å². The van der Waals surface area contributed by atoms with E-state index in [1.165, 1.54) is 30.3 Å². The highest BCUT2D eigenvalue weighted by molar-refractivity contribution is 6.04. The van der Waals surface area contributed by atoms with Gasteiger partial charge in [0, 0.05) is 24.3 Å². The minimum atomic E-state index is -4.38. The minimum Gasteiger partial charge on any atom is -0.378 e. The lowest BCUT2D eigenvalue weighted by Crippen LogP contribution is -2.36. The van der Waals surface area contributed by atoms with Crippen LogP contribution in [0.4, 0.5) is 28.9 Å². The van der Waals surface area contributed by atoms with Crippen molar-refractivity contribution in [3.8, 4) is 0 Å². The first kappa shape index (κ1) is 21.1. The lowest BCUT2D eigenvalue weighted by molar-refractivity contribution is -0.176. The van der Waals surface area contributed by atoms with Gasteiger partial charge in [0.25, 0.3) is 5.91 Å². The molecule has 1 aliphatic rings. The maximum atomic E-state index is 14.4. The van der Waals surface area contributed by atoms with Gasteiger partial charge in [0.1, 0.15) is 12.4 Å². The van der Waals surface area contributed by atoms with Gasteiger partial charge in [-0.15, -0.1) is 0 Å². The van der Waals surface area contributed by atoms with Crippen molar-refractivity contribution in [1.82, 2.24) is 0 Å². The first-order chi connectivity index (χ1) is 13.8. The van der Waals surface area contributed by atoms with Crippen molar-refractivity contribution in [3.63, 3.8) is 0 Å². The van der Waals surface area contributed by atoms with E-state index in [0.29, 0.717) is 48.8 Å². The van der Waals surface area contributed by atoms with Crippen LogP contribution in [0.2, 0.25) is 0 Å². The number of nitrogens with one attached hydrogen (secondary N) is 1. The molecule has 0 aromatic heterocycles. The van der Waals surface area contributed by atoms with Gasteiger partial charge >= 0.3 is 6.18 Å². The zero-order chi connectivity index (χ0) is 20.9. The standard InChI is InChI=1S/C20H20F4N2O3/c21-17-11-16(5-6-18(17)26-7-9-28-10-8-26)25-19(27)15-3-1-14(2-4-15)12-29-13-20(22,23)24/h1-6,11H,7-10,12-13H2,(H,25,27). The molecule has 1 amide bonds. The molecule has 1 fully saturated rings. The molecule has 0 saturated carbocycles. The fourth-order valence-corrected chi connectivity index (χ4v) is 2.89. The van der Waals surface area contributed by atoms with Crippen molar-refractivity contribution < 1.29 is 31.8 Å². The van der Waals surface area contributed by atoms with Gasteiger partial charge in [0.2, 0.25) is 0 Å². The maximum Gasteiger partial charge on any atom is 0.411 e. The van der Waals surface area contributed by atoms with E-state index < -0.39 is 24.5 Å². The summed E-state index contributed by atoms with van der Waals surface area (Å²) in [5.41, 5.74) is 1.56. The number of amides is 1. The molecule has 0 unspecified atom stereocenters. The molecule has 0 aliphatic carbocycles. The summed E-state index contributed by atoms with van der Waals surface area (Å²) in [6.07, 6.45) is -4.38. The van der Waals surface area contributed by atoms with E-state index in [0.717, 1.165) is 0 Å². The highest BCUT2D eigenvalue weighted by Gasteiger charge is 2.27. The van der Waals surface area contributed by atoms with Crippen LogP contribution in [-0.2, 0) is 16.1 Å². The highest BCUT2D eigenvalue weighted by Crippen LogP contribution is 2.24. The Kier molecular flexibility index (Phi) is 6.71.